The summed E-state index contributed by atoms with van der Waals surface area (Å²) in [7, 11) is 0. The van der Waals surface area contributed by atoms with Crippen LogP contribution in [0, 0.1) is 17.3 Å². The van der Waals surface area contributed by atoms with E-state index in [-0.39, 0.29) is 0 Å². The molecule has 3 atom stereocenters. The average molecular weight is 272 g/mol. The monoisotopic (exact) mass is 272 g/mol. The lowest BCUT2D eigenvalue weighted by Crippen LogP contribution is -2.25. The van der Waals surface area contributed by atoms with Crippen LogP contribution in [0.5, 0.6) is 0 Å². The van der Waals surface area contributed by atoms with E-state index in [9.17, 15) is 0 Å². The number of fused-ring (bicyclic) bond motifs is 1. The van der Waals surface area contributed by atoms with Crippen LogP contribution < -0.4 is 0 Å². The first-order chi connectivity index (χ1) is 9.42. The second-order valence-electron chi connectivity index (χ2n) is 7.63. The first kappa shape index (κ1) is 15.6. The van der Waals surface area contributed by atoms with Crippen molar-refractivity contribution in [3.8, 4) is 0 Å². The van der Waals surface area contributed by atoms with Crippen molar-refractivity contribution in [1.29, 1.82) is 0 Å². The molecule has 0 unspecified atom stereocenters. The van der Waals surface area contributed by atoms with Gasteiger partial charge >= 0.3 is 0 Å². The molecule has 20 heavy (non-hydrogen) atoms. The maximum Gasteiger partial charge on any atom is -0.0175 e. The second kappa shape index (κ2) is 6.33. The molecule has 2 rings (SSSR count). The third-order valence-corrected chi connectivity index (χ3v) is 5.84. The molecule has 0 N–H and O–H groups in total. The van der Waals surface area contributed by atoms with Crippen LogP contribution in [-0.2, 0) is 0 Å². The molecule has 0 aromatic heterocycles. The maximum atomic E-state index is 4.28. The molecular formula is C20H32. The third kappa shape index (κ3) is 3.45. The molecule has 1 fully saturated rings. The van der Waals surface area contributed by atoms with Gasteiger partial charge in [0.2, 0.25) is 0 Å². The molecule has 2 aliphatic carbocycles. The highest BCUT2D eigenvalue weighted by Gasteiger charge is 2.43. The van der Waals surface area contributed by atoms with Crippen LogP contribution in [0.2, 0.25) is 0 Å². The zero-order valence-corrected chi connectivity index (χ0v) is 14.0. The highest BCUT2D eigenvalue weighted by molar-refractivity contribution is 5.13. The molecule has 0 aromatic carbocycles. The van der Waals surface area contributed by atoms with E-state index in [4.69, 9.17) is 0 Å². The molecule has 0 aliphatic heterocycles. The lowest BCUT2D eigenvalue weighted by atomic mass is 9.70. The van der Waals surface area contributed by atoms with Gasteiger partial charge in [0.25, 0.3) is 0 Å². The van der Waals surface area contributed by atoms with Gasteiger partial charge < -0.3 is 0 Å². The minimum absolute atomic E-state index is 0.496. The fraction of sp³-hybridized carbons (Fsp3) is 0.700. The van der Waals surface area contributed by atoms with Gasteiger partial charge in [0.15, 0.2) is 0 Å². The minimum Gasteiger partial charge on any atom is -0.0999 e. The first-order valence-corrected chi connectivity index (χ1v) is 8.39. The molecule has 1 saturated carbocycles. The van der Waals surface area contributed by atoms with Crippen LogP contribution in [0.25, 0.3) is 0 Å². The molecule has 0 heteroatoms. The molecule has 2 aliphatic rings. The summed E-state index contributed by atoms with van der Waals surface area (Å²) >= 11 is 0. The average Bonchev–Trinajstić information content (AvgIpc) is 2.70. The van der Waals surface area contributed by atoms with Crippen molar-refractivity contribution in [3.05, 3.63) is 35.5 Å². The van der Waals surface area contributed by atoms with Crippen molar-refractivity contribution in [3.63, 3.8) is 0 Å². The molecule has 112 valence electrons. The fourth-order valence-electron chi connectivity index (χ4n) is 4.29. The Bertz CT molecular complexity index is 423. The van der Waals surface area contributed by atoms with Gasteiger partial charge in [-0.3, -0.25) is 0 Å². The SMILES string of the molecule is C=C(C)[C@@H]1CC[C@@]2(C)C/C=C(/C)CC/C=C(\C)CC[C@H]12. The second-order valence-corrected chi connectivity index (χ2v) is 7.63. The van der Waals surface area contributed by atoms with Gasteiger partial charge in [0.05, 0.1) is 0 Å². The number of hydrogen-bond donors (Lipinski definition) is 0. The molecule has 0 radical (unpaired) electrons. The lowest BCUT2D eigenvalue weighted by Gasteiger charge is -2.34. The Kier molecular flexibility index (Phi) is 4.94. The summed E-state index contributed by atoms with van der Waals surface area (Å²) in [5, 5.41) is 0. The standard InChI is InChI=1S/C20H32/c1-15(2)18-12-14-20(5)13-11-17(4)8-6-7-16(3)9-10-19(18)20/h7,11,18-19H,1,6,8-10,12-14H2,2-5H3/b16-7+,17-11-/t18-,19+,20+/m0/s1. The Hall–Kier alpha value is -0.780. The highest BCUT2D eigenvalue weighted by Crippen LogP contribution is 2.53. The first-order valence-electron chi connectivity index (χ1n) is 8.39. The maximum absolute atomic E-state index is 4.28. The normalized spacial score (nSPS) is 40.8. The predicted octanol–water partition coefficient (Wildman–Crippen LogP) is 6.45. The van der Waals surface area contributed by atoms with E-state index in [1.807, 2.05) is 0 Å². The smallest absolute Gasteiger partial charge is 0.0175 e. The van der Waals surface area contributed by atoms with E-state index in [1.54, 1.807) is 11.1 Å². The molecule has 0 amide bonds. The highest BCUT2D eigenvalue weighted by atomic mass is 14.5. The summed E-state index contributed by atoms with van der Waals surface area (Å²) in [5.41, 5.74) is 5.08. The van der Waals surface area contributed by atoms with Gasteiger partial charge in [-0.05, 0) is 83.0 Å². The fourth-order valence-corrected chi connectivity index (χ4v) is 4.29. The minimum atomic E-state index is 0.496. The summed E-state index contributed by atoms with van der Waals surface area (Å²) in [5.74, 6) is 1.58. The number of rotatable bonds is 1. The molecule has 0 saturated heterocycles. The Morgan fingerprint density at radius 3 is 2.55 bits per heavy atom. The van der Waals surface area contributed by atoms with Crippen molar-refractivity contribution in [2.45, 2.75) is 72.6 Å². The van der Waals surface area contributed by atoms with Crippen molar-refractivity contribution in [2.24, 2.45) is 17.3 Å². The van der Waals surface area contributed by atoms with E-state index in [1.165, 1.54) is 50.5 Å². The quantitative estimate of drug-likeness (QED) is 0.481. The van der Waals surface area contributed by atoms with E-state index < -0.39 is 0 Å². The van der Waals surface area contributed by atoms with Crippen molar-refractivity contribution >= 4 is 0 Å². The zero-order chi connectivity index (χ0) is 14.8. The van der Waals surface area contributed by atoms with Crippen LogP contribution in [0.15, 0.2) is 35.5 Å². The Balaban J connectivity index is 2.26. The molecular weight excluding hydrogens is 240 g/mol. The summed E-state index contributed by atoms with van der Waals surface area (Å²) < 4.78 is 0. The molecule has 0 spiro atoms. The van der Waals surface area contributed by atoms with E-state index in [0.29, 0.717) is 5.41 Å². The molecule has 0 nitrogen and oxygen atoms in total. The largest absolute Gasteiger partial charge is 0.0999 e. The van der Waals surface area contributed by atoms with E-state index >= 15 is 0 Å². The van der Waals surface area contributed by atoms with E-state index in [2.05, 4.69) is 46.4 Å². The van der Waals surface area contributed by atoms with Crippen LogP contribution >= 0.6 is 0 Å². The van der Waals surface area contributed by atoms with Gasteiger partial charge in [-0.15, -0.1) is 0 Å². The van der Waals surface area contributed by atoms with Crippen molar-refractivity contribution in [1.82, 2.24) is 0 Å². The Morgan fingerprint density at radius 2 is 1.85 bits per heavy atom. The van der Waals surface area contributed by atoms with Crippen molar-refractivity contribution < 1.29 is 0 Å². The van der Waals surface area contributed by atoms with Gasteiger partial charge in [0.1, 0.15) is 0 Å². The number of allylic oxidation sites excluding steroid dienone is 5. The van der Waals surface area contributed by atoms with Crippen LogP contribution in [0.4, 0.5) is 0 Å². The third-order valence-electron chi connectivity index (χ3n) is 5.84. The van der Waals surface area contributed by atoms with Gasteiger partial charge in [0, 0.05) is 0 Å². The van der Waals surface area contributed by atoms with Crippen molar-refractivity contribution in [2.75, 3.05) is 0 Å². The van der Waals surface area contributed by atoms with Crippen LogP contribution in [0.3, 0.4) is 0 Å². The topological polar surface area (TPSA) is 0 Å². The lowest BCUT2D eigenvalue weighted by molar-refractivity contribution is 0.195. The Morgan fingerprint density at radius 1 is 1.15 bits per heavy atom. The van der Waals surface area contributed by atoms with Gasteiger partial charge in [-0.2, -0.15) is 0 Å². The number of hydrogen-bond acceptors (Lipinski definition) is 0. The summed E-state index contributed by atoms with van der Waals surface area (Å²) in [6, 6.07) is 0. The summed E-state index contributed by atoms with van der Waals surface area (Å²) in [6.07, 6.45) is 14.1. The Labute approximate surface area is 126 Å². The van der Waals surface area contributed by atoms with Crippen LogP contribution in [0.1, 0.15) is 72.6 Å². The zero-order valence-electron chi connectivity index (χ0n) is 14.0. The predicted molar refractivity (Wildman–Crippen MR) is 89.7 cm³/mol. The summed E-state index contributed by atoms with van der Waals surface area (Å²) in [4.78, 5) is 0. The van der Waals surface area contributed by atoms with E-state index in [0.717, 1.165) is 11.8 Å². The van der Waals surface area contributed by atoms with Gasteiger partial charge in [-0.1, -0.05) is 42.4 Å². The molecule has 0 heterocycles. The molecule has 0 aromatic rings. The van der Waals surface area contributed by atoms with Crippen LogP contribution in [-0.4, -0.2) is 0 Å². The summed E-state index contributed by atoms with van der Waals surface area (Å²) in [6.45, 7) is 13.7. The van der Waals surface area contributed by atoms with Gasteiger partial charge in [-0.25, -0.2) is 0 Å². The molecule has 0 bridgehead atoms.